The van der Waals surface area contributed by atoms with Crippen LogP contribution >= 0.6 is 11.6 Å². The molecule has 140 valence electrons. The van der Waals surface area contributed by atoms with Crippen LogP contribution in [0, 0.1) is 0 Å². The fourth-order valence-electron chi connectivity index (χ4n) is 2.79. The minimum atomic E-state index is -0.762. The number of benzene rings is 1. The molecule has 1 amide bonds. The minimum absolute atomic E-state index is 0.138. The number of halogens is 1. The second-order valence-electron chi connectivity index (χ2n) is 6.06. The Balaban J connectivity index is 1.90. The van der Waals surface area contributed by atoms with Crippen molar-refractivity contribution in [2.24, 2.45) is 0 Å². The summed E-state index contributed by atoms with van der Waals surface area (Å²) in [4.78, 5) is 22.9. The van der Waals surface area contributed by atoms with E-state index in [4.69, 9.17) is 16.7 Å². The van der Waals surface area contributed by atoms with Crippen molar-refractivity contribution < 1.29 is 14.7 Å². The number of unbranched alkanes of at least 4 members (excludes halogenated alkanes) is 3. The Morgan fingerprint density at radius 3 is 2.69 bits per heavy atom. The second kappa shape index (κ2) is 9.97. The van der Waals surface area contributed by atoms with E-state index in [2.05, 4.69) is 10.4 Å². The number of aliphatic carboxylic acids is 1. The first-order valence-electron chi connectivity index (χ1n) is 8.85. The number of hydrogen-bond donors (Lipinski definition) is 2. The van der Waals surface area contributed by atoms with Crippen LogP contribution in [-0.4, -0.2) is 33.3 Å². The molecule has 1 aromatic carbocycles. The van der Waals surface area contributed by atoms with Gasteiger partial charge >= 0.3 is 5.97 Å². The predicted octanol–water partition coefficient (Wildman–Crippen LogP) is 3.85. The number of carboxylic acid groups (broad SMARTS) is 1. The molecule has 0 aliphatic carbocycles. The van der Waals surface area contributed by atoms with Crippen LogP contribution in [0.2, 0.25) is 5.02 Å². The van der Waals surface area contributed by atoms with E-state index >= 15 is 0 Å². The summed E-state index contributed by atoms with van der Waals surface area (Å²) in [7, 11) is 0. The van der Waals surface area contributed by atoms with Crippen molar-refractivity contribution in [2.45, 2.75) is 45.4 Å². The molecule has 7 heteroatoms. The minimum Gasteiger partial charge on any atom is -0.481 e. The van der Waals surface area contributed by atoms with Gasteiger partial charge in [0, 0.05) is 18.0 Å². The van der Waals surface area contributed by atoms with Crippen LogP contribution in [0.25, 0.3) is 5.69 Å². The Morgan fingerprint density at radius 1 is 1.23 bits per heavy atom. The monoisotopic (exact) mass is 377 g/mol. The summed E-state index contributed by atoms with van der Waals surface area (Å²) in [5.41, 5.74) is 2.23. The summed E-state index contributed by atoms with van der Waals surface area (Å²) in [6.45, 7) is 2.55. The second-order valence-corrected chi connectivity index (χ2v) is 6.50. The summed E-state index contributed by atoms with van der Waals surface area (Å²) >= 11 is 6.04. The van der Waals surface area contributed by atoms with Crippen molar-refractivity contribution in [2.75, 3.05) is 6.54 Å². The molecule has 0 bridgehead atoms. The van der Waals surface area contributed by atoms with Crippen molar-refractivity contribution in [3.8, 4) is 5.69 Å². The third-order valence-corrected chi connectivity index (χ3v) is 4.34. The van der Waals surface area contributed by atoms with Gasteiger partial charge in [-0.3, -0.25) is 9.59 Å². The lowest BCUT2D eigenvalue weighted by molar-refractivity contribution is -0.137. The molecule has 1 aromatic heterocycles. The van der Waals surface area contributed by atoms with E-state index in [1.807, 2.05) is 25.1 Å². The highest BCUT2D eigenvalue weighted by atomic mass is 35.5. The molecule has 0 atom stereocenters. The van der Waals surface area contributed by atoms with Crippen molar-refractivity contribution in [3.05, 3.63) is 46.7 Å². The van der Waals surface area contributed by atoms with E-state index in [1.54, 1.807) is 16.9 Å². The maximum Gasteiger partial charge on any atom is 0.303 e. The van der Waals surface area contributed by atoms with Gasteiger partial charge in [-0.15, -0.1) is 0 Å². The molecule has 0 aliphatic rings. The number of rotatable bonds is 10. The first-order valence-corrected chi connectivity index (χ1v) is 9.23. The number of aromatic nitrogens is 2. The Kier molecular flexibility index (Phi) is 7.66. The van der Waals surface area contributed by atoms with Crippen LogP contribution < -0.4 is 5.32 Å². The number of nitrogens with zero attached hydrogens (tertiary/aromatic N) is 2. The number of nitrogens with one attached hydrogen (secondary N) is 1. The molecule has 0 saturated heterocycles. The van der Waals surface area contributed by atoms with Gasteiger partial charge in [-0.1, -0.05) is 37.4 Å². The van der Waals surface area contributed by atoms with E-state index < -0.39 is 5.97 Å². The quantitative estimate of drug-likeness (QED) is 0.616. The molecule has 26 heavy (non-hydrogen) atoms. The zero-order valence-electron chi connectivity index (χ0n) is 14.9. The van der Waals surface area contributed by atoms with Gasteiger partial charge < -0.3 is 10.4 Å². The van der Waals surface area contributed by atoms with Crippen LogP contribution in [0.5, 0.6) is 0 Å². The number of carbonyl (C=O) groups is 2. The average molecular weight is 378 g/mol. The van der Waals surface area contributed by atoms with Crippen LogP contribution in [0.15, 0.2) is 30.5 Å². The smallest absolute Gasteiger partial charge is 0.303 e. The Bertz CT molecular complexity index is 758. The molecule has 0 spiro atoms. The number of carbonyl (C=O) groups excluding carboxylic acids is 1. The normalized spacial score (nSPS) is 10.7. The maximum atomic E-state index is 12.4. The highest BCUT2D eigenvalue weighted by Crippen LogP contribution is 2.19. The summed E-state index contributed by atoms with van der Waals surface area (Å²) in [5, 5.41) is 16.5. The molecule has 2 rings (SSSR count). The highest BCUT2D eigenvalue weighted by molar-refractivity contribution is 6.30. The van der Waals surface area contributed by atoms with Gasteiger partial charge in [0.2, 0.25) is 0 Å². The maximum absolute atomic E-state index is 12.4. The van der Waals surface area contributed by atoms with E-state index in [0.717, 1.165) is 30.6 Å². The predicted molar refractivity (Wildman–Crippen MR) is 101 cm³/mol. The van der Waals surface area contributed by atoms with Gasteiger partial charge in [-0.05, 0) is 37.5 Å². The summed E-state index contributed by atoms with van der Waals surface area (Å²) in [5.74, 6) is -0.900. The first-order chi connectivity index (χ1) is 12.5. The molecule has 0 radical (unpaired) electrons. The molecule has 2 aromatic rings. The third kappa shape index (κ3) is 5.59. The van der Waals surface area contributed by atoms with Crippen LogP contribution in [-0.2, 0) is 11.2 Å². The van der Waals surface area contributed by atoms with Crippen LogP contribution in [0.1, 0.15) is 55.1 Å². The van der Waals surface area contributed by atoms with Crippen LogP contribution in [0.3, 0.4) is 0 Å². The fraction of sp³-hybridized carbons (Fsp3) is 0.421. The molecule has 0 unspecified atom stereocenters. The highest BCUT2D eigenvalue weighted by Gasteiger charge is 2.16. The van der Waals surface area contributed by atoms with Crippen molar-refractivity contribution in [3.63, 3.8) is 0 Å². The Labute approximate surface area is 158 Å². The molecule has 0 aliphatic heterocycles. The lowest BCUT2D eigenvalue weighted by atomic mass is 10.1. The molecule has 2 N–H and O–H groups in total. The van der Waals surface area contributed by atoms with Gasteiger partial charge in [0.25, 0.3) is 5.91 Å². The SMILES string of the molecule is CCc1c(C(=O)NCCCCCCC(=O)O)cnn1-c1cccc(Cl)c1. The lowest BCUT2D eigenvalue weighted by Gasteiger charge is -2.09. The summed E-state index contributed by atoms with van der Waals surface area (Å²) in [6.07, 6.45) is 5.72. The van der Waals surface area contributed by atoms with Gasteiger partial charge in [0.1, 0.15) is 0 Å². The molecule has 6 nitrogen and oxygen atoms in total. The average Bonchev–Trinajstić information content (AvgIpc) is 3.04. The third-order valence-electron chi connectivity index (χ3n) is 4.10. The zero-order chi connectivity index (χ0) is 18.9. The zero-order valence-corrected chi connectivity index (χ0v) is 15.6. The topological polar surface area (TPSA) is 84.2 Å². The summed E-state index contributed by atoms with van der Waals surface area (Å²) in [6, 6.07) is 7.36. The number of hydrogen-bond acceptors (Lipinski definition) is 3. The molecule has 0 saturated carbocycles. The Morgan fingerprint density at radius 2 is 2.00 bits per heavy atom. The molecule has 0 fully saturated rings. The van der Waals surface area contributed by atoms with E-state index in [-0.39, 0.29) is 12.3 Å². The summed E-state index contributed by atoms with van der Waals surface area (Å²) < 4.78 is 1.74. The van der Waals surface area contributed by atoms with Gasteiger partial charge in [-0.25, -0.2) is 4.68 Å². The number of carboxylic acids is 1. The van der Waals surface area contributed by atoms with Gasteiger partial charge in [0.05, 0.1) is 23.1 Å². The van der Waals surface area contributed by atoms with Gasteiger partial charge in [0.15, 0.2) is 0 Å². The fourth-order valence-corrected chi connectivity index (χ4v) is 2.97. The van der Waals surface area contributed by atoms with Crippen molar-refractivity contribution in [1.29, 1.82) is 0 Å². The number of amides is 1. The first kappa shape index (κ1) is 20.0. The van der Waals surface area contributed by atoms with Crippen molar-refractivity contribution in [1.82, 2.24) is 15.1 Å². The van der Waals surface area contributed by atoms with E-state index in [1.165, 1.54) is 0 Å². The molecular weight excluding hydrogens is 354 g/mol. The lowest BCUT2D eigenvalue weighted by Crippen LogP contribution is -2.25. The van der Waals surface area contributed by atoms with E-state index in [0.29, 0.717) is 30.0 Å². The van der Waals surface area contributed by atoms with Gasteiger partial charge in [-0.2, -0.15) is 5.10 Å². The molecular formula is C19H24ClN3O3. The standard InChI is InChI=1S/C19H24ClN3O3/c1-2-17-16(13-22-23(17)15-9-7-8-14(20)12-15)19(26)21-11-6-4-3-5-10-18(24)25/h7-9,12-13H,2-6,10-11H2,1H3,(H,21,26)(H,24,25). The van der Waals surface area contributed by atoms with Crippen molar-refractivity contribution >= 4 is 23.5 Å². The Hall–Kier alpha value is -2.34. The largest absolute Gasteiger partial charge is 0.481 e. The van der Waals surface area contributed by atoms with Crippen LogP contribution in [0.4, 0.5) is 0 Å². The molecule has 1 heterocycles. The van der Waals surface area contributed by atoms with E-state index in [9.17, 15) is 9.59 Å².